The van der Waals surface area contributed by atoms with E-state index in [1.54, 1.807) is 7.11 Å². The molecule has 2 aromatic carbocycles. The Labute approximate surface area is 186 Å². The number of aromatic nitrogens is 3. The van der Waals surface area contributed by atoms with Gasteiger partial charge in [-0.05, 0) is 50.6 Å². The van der Waals surface area contributed by atoms with Crippen molar-refractivity contribution < 1.29 is 9.53 Å². The lowest BCUT2D eigenvalue weighted by Gasteiger charge is -2.14. The first kappa shape index (κ1) is 21.1. The number of hydrogen-bond donors (Lipinski definition) is 1. The Morgan fingerprint density at radius 2 is 1.97 bits per heavy atom. The fraction of sp³-hybridized carbons (Fsp3) is 0.304. The molecule has 160 valence electrons. The topological polar surface area (TPSA) is 81.4 Å². The summed E-state index contributed by atoms with van der Waals surface area (Å²) in [5, 5.41) is 12.2. The molecule has 0 aliphatic carbocycles. The third kappa shape index (κ3) is 4.18. The summed E-state index contributed by atoms with van der Waals surface area (Å²) in [7, 11) is 1.64. The van der Waals surface area contributed by atoms with Crippen LogP contribution in [0.4, 0.5) is 0 Å². The highest BCUT2D eigenvalue weighted by Crippen LogP contribution is 2.34. The van der Waals surface area contributed by atoms with Crippen LogP contribution in [0.15, 0.2) is 47.5 Å². The molecule has 1 aromatic heterocycles. The van der Waals surface area contributed by atoms with E-state index in [0.717, 1.165) is 39.9 Å². The van der Waals surface area contributed by atoms with Gasteiger partial charge >= 0.3 is 0 Å². The van der Waals surface area contributed by atoms with Gasteiger partial charge in [0.05, 0.1) is 18.5 Å². The molecule has 1 N–H and O–H groups in total. The third-order valence-electron chi connectivity index (χ3n) is 5.27. The zero-order chi connectivity index (χ0) is 22.0. The average molecular weight is 438 g/mol. The number of fused-ring (bicyclic) bond motifs is 3. The van der Waals surface area contributed by atoms with Gasteiger partial charge in [0.25, 0.3) is 0 Å². The number of hydrogen-bond acceptors (Lipinski definition) is 5. The smallest absolute Gasteiger partial charge is 0.220 e. The van der Waals surface area contributed by atoms with Gasteiger partial charge in [0.1, 0.15) is 17.6 Å². The minimum atomic E-state index is -0.326. The maximum Gasteiger partial charge on any atom is 0.220 e. The molecular formula is C23H24ClN5O2. The van der Waals surface area contributed by atoms with Crippen LogP contribution < -0.4 is 10.1 Å². The number of aliphatic imine (C=N–C) groups is 1. The number of amides is 1. The van der Waals surface area contributed by atoms with Crippen LogP contribution in [0.2, 0.25) is 5.02 Å². The van der Waals surface area contributed by atoms with Crippen LogP contribution in [-0.4, -0.2) is 40.0 Å². The molecule has 4 rings (SSSR count). The summed E-state index contributed by atoms with van der Waals surface area (Å²) in [6.45, 7) is 4.42. The van der Waals surface area contributed by atoms with E-state index >= 15 is 0 Å². The summed E-state index contributed by atoms with van der Waals surface area (Å²) in [6, 6.07) is 13.1. The van der Waals surface area contributed by atoms with Crippen LogP contribution >= 0.6 is 11.6 Å². The predicted octanol–water partition coefficient (Wildman–Crippen LogP) is 4.05. The highest BCUT2D eigenvalue weighted by molar-refractivity contribution is 6.30. The normalized spacial score (nSPS) is 14.8. The van der Waals surface area contributed by atoms with Gasteiger partial charge in [-0.2, -0.15) is 0 Å². The molecule has 1 amide bonds. The Hall–Kier alpha value is -3.19. The van der Waals surface area contributed by atoms with Gasteiger partial charge in [0.15, 0.2) is 5.82 Å². The quantitative estimate of drug-likeness (QED) is 0.630. The van der Waals surface area contributed by atoms with E-state index < -0.39 is 0 Å². The number of methoxy groups -OCH3 is 1. The first-order chi connectivity index (χ1) is 15.0. The average Bonchev–Trinajstić information content (AvgIpc) is 3.09. The predicted molar refractivity (Wildman–Crippen MR) is 120 cm³/mol. The second-order valence-electron chi connectivity index (χ2n) is 7.32. The molecule has 1 atom stereocenters. The van der Waals surface area contributed by atoms with Crippen LogP contribution in [0.25, 0.3) is 5.69 Å². The summed E-state index contributed by atoms with van der Waals surface area (Å²) in [6.07, 6.45) is 0.869. The van der Waals surface area contributed by atoms with Gasteiger partial charge in [-0.1, -0.05) is 23.7 Å². The molecule has 1 aliphatic heterocycles. The van der Waals surface area contributed by atoms with Crippen molar-refractivity contribution >= 4 is 23.2 Å². The van der Waals surface area contributed by atoms with Crippen LogP contribution in [0.1, 0.15) is 48.6 Å². The molecule has 0 spiro atoms. The number of nitrogens with zero attached hydrogens (tertiary/aromatic N) is 4. The fourth-order valence-corrected chi connectivity index (χ4v) is 3.91. The first-order valence-electron chi connectivity index (χ1n) is 10.2. The molecule has 3 aromatic rings. The number of carbonyl (C=O) groups excluding carboxylic acids is 1. The zero-order valence-corrected chi connectivity index (χ0v) is 18.5. The molecular weight excluding hydrogens is 414 g/mol. The summed E-state index contributed by atoms with van der Waals surface area (Å²) in [4.78, 5) is 17.2. The number of nitrogens with one attached hydrogen (secondary N) is 1. The molecule has 0 saturated heterocycles. The number of ether oxygens (including phenoxy) is 1. The maximum atomic E-state index is 12.1. The minimum Gasteiger partial charge on any atom is -0.497 e. The van der Waals surface area contributed by atoms with Crippen LogP contribution in [0.5, 0.6) is 5.75 Å². The summed E-state index contributed by atoms with van der Waals surface area (Å²) in [5.74, 6) is 2.21. The largest absolute Gasteiger partial charge is 0.497 e. The second-order valence-corrected chi connectivity index (χ2v) is 7.75. The van der Waals surface area contributed by atoms with E-state index in [4.69, 9.17) is 21.3 Å². The Morgan fingerprint density at radius 1 is 1.19 bits per heavy atom. The summed E-state index contributed by atoms with van der Waals surface area (Å²) >= 11 is 6.12. The first-order valence-corrected chi connectivity index (χ1v) is 10.6. The molecule has 0 saturated carbocycles. The highest BCUT2D eigenvalue weighted by atomic mass is 35.5. The third-order valence-corrected chi connectivity index (χ3v) is 5.52. The molecule has 0 bridgehead atoms. The number of halogens is 1. The molecule has 31 heavy (non-hydrogen) atoms. The highest BCUT2D eigenvalue weighted by Gasteiger charge is 2.28. The van der Waals surface area contributed by atoms with Crippen molar-refractivity contribution in [3.05, 3.63) is 70.3 Å². The monoisotopic (exact) mass is 437 g/mol. The van der Waals surface area contributed by atoms with Gasteiger partial charge < -0.3 is 10.1 Å². The lowest BCUT2D eigenvalue weighted by molar-refractivity contribution is -0.121. The van der Waals surface area contributed by atoms with Crippen molar-refractivity contribution in [3.8, 4) is 11.4 Å². The van der Waals surface area contributed by atoms with Gasteiger partial charge in [-0.3, -0.25) is 14.4 Å². The lowest BCUT2D eigenvalue weighted by atomic mass is 10.00. The van der Waals surface area contributed by atoms with Crippen molar-refractivity contribution in [1.29, 1.82) is 0 Å². The van der Waals surface area contributed by atoms with Crippen molar-refractivity contribution in [2.45, 2.75) is 32.7 Å². The van der Waals surface area contributed by atoms with E-state index in [1.165, 1.54) is 0 Å². The zero-order valence-electron chi connectivity index (χ0n) is 17.7. The Balaban J connectivity index is 1.89. The lowest BCUT2D eigenvalue weighted by Crippen LogP contribution is -2.23. The van der Waals surface area contributed by atoms with Gasteiger partial charge in [0.2, 0.25) is 5.91 Å². The molecule has 0 fully saturated rings. The van der Waals surface area contributed by atoms with E-state index in [-0.39, 0.29) is 11.9 Å². The Bertz CT molecular complexity index is 1140. The molecule has 0 radical (unpaired) electrons. The molecule has 8 heteroatoms. The standard InChI is InChI=1S/C23H24ClN5O2/c1-4-25-21(30)12-10-19-23-28-27-14(2)29(23)20-11-9-17(31-3)13-18(20)22(26-19)15-5-7-16(24)8-6-15/h5-9,11,13,19H,4,10,12H2,1-3H3,(H,25,30). The van der Waals surface area contributed by atoms with E-state index in [1.807, 2.05) is 60.9 Å². The summed E-state index contributed by atoms with van der Waals surface area (Å²) < 4.78 is 7.50. The van der Waals surface area contributed by atoms with Crippen molar-refractivity contribution in [2.75, 3.05) is 13.7 Å². The maximum absolute atomic E-state index is 12.1. The molecule has 1 unspecified atom stereocenters. The SMILES string of the molecule is CCNC(=O)CCC1N=C(c2ccc(Cl)cc2)c2cc(OC)ccc2-n2c(C)nnc21. The number of aryl methyl sites for hydroxylation is 1. The van der Waals surface area contributed by atoms with Crippen molar-refractivity contribution in [3.63, 3.8) is 0 Å². The van der Waals surface area contributed by atoms with Crippen molar-refractivity contribution in [2.24, 2.45) is 4.99 Å². The minimum absolute atomic E-state index is 0.00281. The van der Waals surface area contributed by atoms with Crippen molar-refractivity contribution in [1.82, 2.24) is 20.1 Å². The number of benzene rings is 2. The van der Waals surface area contributed by atoms with E-state index in [9.17, 15) is 4.79 Å². The fourth-order valence-electron chi connectivity index (χ4n) is 3.79. The van der Waals surface area contributed by atoms with Gasteiger partial charge in [-0.15, -0.1) is 10.2 Å². The van der Waals surface area contributed by atoms with Crippen LogP contribution in [-0.2, 0) is 4.79 Å². The number of rotatable bonds is 6. The second kappa shape index (κ2) is 8.89. The number of carbonyl (C=O) groups is 1. The Kier molecular flexibility index (Phi) is 6.04. The van der Waals surface area contributed by atoms with Crippen LogP contribution in [0.3, 0.4) is 0 Å². The van der Waals surface area contributed by atoms with E-state index in [2.05, 4.69) is 15.5 Å². The molecule has 1 aliphatic rings. The molecule has 2 heterocycles. The van der Waals surface area contributed by atoms with Gasteiger partial charge in [0, 0.05) is 29.1 Å². The molecule has 7 nitrogen and oxygen atoms in total. The van der Waals surface area contributed by atoms with E-state index in [0.29, 0.717) is 24.4 Å². The Morgan fingerprint density at radius 3 is 2.68 bits per heavy atom. The summed E-state index contributed by atoms with van der Waals surface area (Å²) in [5.41, 5.74) is 3.56. The van der Waals surface area contributed by atoms with Gasteiger partial charge in [-0.25, -0.2) is 0 Å². The van der Waals surface area contributed by atoms with Crippen LogP contribution in [0, 0.1) is 6.92 Å².